The molecule has 1 saturated heterocycles. The SMILES string of the molecule is CNC(C)C(=O)NC(C(=O)N1CCC2NCC(Oc3ccccc3-c3ccccc3)=C21)C1CCCCC1. The van der Waals surface area contributed by atoms with Gasteiger partial charge < -0.3 is 25.6 Å². The van der Waals surface area contributed by atoms with Crippen molar-refractivity contribution >= 4 is 11.8 Å². The van der Waals surface area contributed by atoms with Gasteiger partial charge in [-0.3, -0.25) is 9.59 Å². The number of likely N-dealkylation sites (tertiary alicyclic amines) is 1. The van der Waals surface area contributed by atoms with Crippen LogP contribution in [0.25, 0.3) is 11.1 Å². The maximum Gasteiger partial charge on any atom is 0.249 e. The van der Waals surface area contributed by atoms with E-state index >= 15 is 0 Å². The molecule has 3 aliphatic rings. The van der Waals surface area contributed by atoms with Crippen LogP contribution in [0.4, 0.5) is 0 Å². The van der Waals surface area contributed by atoms with Gasteiger partial charge in [-0.2, -0.15) is 0 Å². The molecule has 0 bridgehead atoms. The first-order valence-corrected chi connectivity index (χ1v) is 13.6. The van der Waals surface area contributed by atoms with Crippen LogP contribution in [0.15, 0.2) is 66.1 Å². The number of para-hydroxylation sites is 1. The summed E-state index contributed by atoms with van der Waals surface area (Å²) in [4.78, 5) is 28.8. The molecule has 0 aromatic heterocycles. The number of nitrogens with one attached hydrogen (secondary N) is 3. The summed E-state index contributed by atoms with van der Waals surface area (Å²) in [6.07, 6.45) is 6.16. The zero-order chi connectivity index (χ0) is 25.8. The molecule has 5 rings (SSSR count). The third-order valence-corrected chi connectivity index (χ3v) is 8.04. The number of hydrogen-bond donors (Lipinski definition) is 3. The van der Waals surface area contributed by atoms with Gasteiger partial charge in [0.2, 0.25) is 11.8 Å². The van der Waals surface area contributed by atoms with E-state index in [2.05, 4.69) is 34.1 Å². The maximum atomic E-state index is 14.1. The quantitative estimate of drug-likeness (QED) is 0.511. The zero-order valence-electron chi connectivity index (χ0n) is 21.8. The second-order valence-electron chi connectivity index (χ2n) is 10.4. The van der Waals surface area contributed by atoms with Crippen LogP contribution in [0.5, 0.6) is 5.75 Å². The first-order chi connectivity index (χ1) is 18.1. The van der Waals surface area contributed by atoms with Crippen LogP contribution < -0.4 is 20.7 Å². The van der Waals surface area contributed by atoms with Gasteiger partial charge in [-0.1, -0.05) is 67.8 Å². The van der Waals surface area contributed by atoms with Crippen molar-refractivity contribution in [1.29, 1.82) is 0 Å². The molecule has 3 atom stereocenters. The average molecular weight is 503 g/mol. The minimum atomic E-state index is -0.520. The van der Waals surface area contributed by atoms with E-state index in [1.165, 1.54) is 6.42 Å². The number of carbonyl (C=O) groups excluding carboxylic acids is 2. The summed E-state index contributed by atoms with van der Waals surface area (Å²) in [6, 6.07) is 17.4. The summed E-state index contributed by atoms with van der Waals surface area (Å²) >= 11 is 0. The van der Waals surface area contributed by atoms with Crippen molar-refractivity contribution in [2.24, 2.45) is 5.92 Å². The Labute approximate surface area is 219 Å². The molecule has 3 N–H and O–H groups in total. The van der Waals surface area contributed by atoms with Crippen LogP contribution in [0, 0.1) is 5.92 Å². The Morgan fingerprint density at radius 2 is 1.73 bits per heavy atom. The zero-order valence-corrected chi connectivity index (χ0v) is 21.8. The lowest BCUT2D eigenvalue weighted by atomic mass is 9.83. The standard InChI is InChI=1S/C30H38N4O3/c1-20(31-2)29(35)33-27(22-13-7-4-8-14-22)30(36)34-18-17-24-28(34)26(19-32-24)37-25-16-10-9-15-23(25)21-11-5-3-6-12-21/h3,5-6,9-12,15-16,20,22,24,27,31-32H,4,7-8,13-14,17-19H2,1-2H3,(H,33,35). The number of fused-ring (bicyclic) bond motifs is 1. The largest absolute Gasteiger partial charge is 0.458 e. The van der Waals surface area contributed by atoms with Gasteiger partial charge in [-0.15, -0.1) is 0 Å². The number of hydrogen-bond acceptors (Lipinski definition) is 5. The smallest absolute Gasteiger partial charge is 0.249 e. The van der Waals surface area contributed by atoms with E-state index in [9.17, 15) is 9.59 Å². The number of benzene rings is 2. The predicted octanol–water partition coefficient (Wildman–Crippen LogP) is 3.82. The van der Waals surface area contributed by atoms with Gasteiger partial charge in [0.05, 0.1) is 24.3 Å². The third-order valence-electron chi connectivity index (χ3n) is 8.04. The van der Waals surface area contributed by atoms with E-state index in [0.717, 1.165) is 60.4 Å². The topological polar surface area (TPSA) is 82.7 Å². The van der Waals surface area contributed by atoms with E-state index in [4.69, 9.17) is 4.74 Å². The van der Waals surface area contributed by atoms with Crippen LogP contribution in [-0.4, -0.2) is 55.0 Å². The molecule has 2 amide bonds. The van der Waals surface area contributed by atoms with E-state index in [0.29, 0.717) is 13.1 Å². The Bertz CT molecular complexity index is 1140. The molecule has 0 radical (unpaired) electrons. The molecule has 2 aliphatic heterocycles. The molecular formula is C30H38N4O3. The minimum absolute atomic E-state index is 0.0119. The summed E-state index contributed by atoms with van der Waals surface area (Å²) < 4.78 is 6.54. The van der Waals surface area contributed by atoms with E-state index < -0.39 is 6.04 Å². The van der Waals surface area contributed by atoms with Crippen molar-refractivity contribution in [2.45, 2.75) is 63.6 Å². The Hall–Kier alpha value is -3.16. The lowest BCUT2D eigenvalue weighted by molar-refractivity contribution is -0.136. The predicted molar refractivity (Wildman–Crippen MR) is 145 cm³/mol. The van der Waals surface area contributed by atoms with Gasteiger partial charge in [-0.25, -0.2) is 0 Å². The summed E-state index contributed by atoms with van der Waals surface area (Å²) in [7, 11) is 1.76. The fourth-order valence-corrected chi connectivity index (χ4v) is 5.84. The summed E-state index contributed by atoms with van der Waals surface area (Å²) in [5.41, 5.74) is 3.03. The molecule has 2 fully saturated rings. The van der Waals surface area contributed by atoms with Gasteiger partial charge in [0.15, 0.2) is 0 Å². The van der Waals surface area contributed by atoms with Crippen molar-refractivity contribution < 1.29 is 14.3 Å². The molecule has 2 aromatic carbocycles. The number of rotatable bonds is 8. The van der Waals surface area contributed by atoms with Crippen molar-refractivity contribution in [3.05, 3.63) is 66.1 Å². The Balaban J connectivity index is 1.43. The fraction of sp³-hybridized carbons (Fsp3) is 0.467. The molecule has 2 heterocycles. The summed E-state index contributed by atoms with van der Waals surface area (Å²) in [6.45, 7) is 3.02. The average Bonchev–Trinajstić information content (AvgIpc) is 3.55. The van der Waals surface area contributed by atoms with Crippen LogP contribution in [-0.2, 0) is 9.59 Å². The Morgan fingerprint density at radius 3 is 2.49 bits per heavy atom. The number of carbonyl (C=O) groups is 2. The molecule has 2 aromatic rings. The van der Waals surface area contributed by atoms with E-state index in [1.807, 2.05) is 48.2 Å². The second-order valence-corrected chi connectivity index (χ2v) is 10.4. The molecule has 7 nitrogen and oxygen atoms in total. The van der Waals surface area contributed by atoms with Crippen LogP contribution in [0.2, 0.25) is 0 Å². The van der Waals surface area contributed by atoms with Gasteiger partial charge >= 0.3 is 0 Å². The van der Waals surface area contributed by atoms with Gasteiger partial charge in [-0.05, 0) is 50.8 Å². The maximum absolute atomic E-state index is 14.1. The van der Waals surface area contributed by atoms with Crippen LogP contribution in [0.3, 0.4) is 0 Å². The van der Waals surface area contributed by atoms with Crippen molar-refractivity contribution in [1.82, 2.24) is 20.9 Å². The Morgan fingerprint density at radius 1 is 1.00 bits per heavy atom. The molecule has 7 heteroatoms. The Kier molecular flexibility index (Phi) is 7.91. The molecular weight excluding hydrogens is 464 g/mol. The van der Waals surface area contributed by atoms with Gasteiger partial charge in [0.1, 0.15) is 17.6 Å². The highest BCUT2D eigenvalue weighted by molar-refractivity contribution is 5.91. The molecule has 1 aliphatic carbocycles. The lowest BCUT2D eigenvalue weighted by Crippen LogP contribution is -2.55. The van der Waals surface area contributed by atoms with Gasteiger partial charge in [0.25, 0.3) is 0 Å². The minimum Gasteiger partial charge on any atom is -0.458 e. The second kappa shape index (κ2) is 11.5. The highest BCUT2D eigenvalue weighted by Gasteiger charge is 2.43. The molecule has 3 unspecified atom stereocenters. The highest BCUT2D eigenvalue weighted by Crippen LogP contribution is 2.36. The van der Waals surface area contributed by atoms with Crippen LogP contribution >= 0.6 is 0 Å². The molecule has 0 spiro atoms. The summed E-state index contributed by atoms with van der Waals surface area (Å²) in [5, 5.41) is 9.64. The van der Waals surface area contributed by atoms with Crippen molar-refractivity contribution in [3.8, 4) is 16.9 Å². The number of nitrogens with zero attached hydrogens (tertiary/aromatic N) is 1. The van der Waals surface area contributed by atoms with Crippen molar-refractivity contribution in [2.75, 3.05) is 20.1 Å². The lowest BCUT2D eigenvalue weighted by Gasteiger charge is -2.34. The highest BCUT2D eigenvalue weighted by atomic mass is 16.5. The first-order valence-electron chi connectivity index (χ1n) is 13.6. The first kappa shape index (κ1) is 25.5. The molecule has 196 valence electrons. The molecule has 37 heavy (non-hydrogen) atoms. The summed E-state index contributed by atoms with van der Waals surface area (Å²) in [5.74, 6) is 1.58. The molecule has 1 saturated carbocycles. The number of ether oxygens (including phenoxy) is 1. The fourth-order valence-electron chi connectivity index (χ4n) is 5.84. The third kappa shape index (κ3) is 5.43. The number of likely N-dealkylation sites (N-methyl/N-ethyl adjacent to an activating group) is 1. The van der Waals surface area contributed by atoms with Gasteiger partial charge in [0, 0.05) is 12.1 Å². The van der Waals surface area contributed by atoms with Crippen LogP contribution in [0.1, 0.15) is 45.4 Å². The normalized spacial score (nSPS) is 21.5. The van der Waals surface area contributed by atoms with E-state index in [1.54, 1.807) is 7.05 Å². The monoisotopic (exact) mass is 502 g/mol. The van der Waals surface area contributed by atoms with Crippen molar-refractivity contribution in [3.63, 3.8) is 0 Å². The van der Waals surface area contributed by atoms with E-state index in [-0.39, 0.29) is 29.8 Å². The number of amides is 2.